The first-order valence-electron chi connectivity index (χ1n) is 10.5. The van der Waals surface area contributed by atoms with E-state index in [2.05, 4.69) is 35.7 Å². The van der Waals surface area contributed by atoms with Gasteiger partial charge >= 0.3 is 0 Å². The van der Waals surface area contributed by atoms with Crippen LogP contribution in [0.3, 0.4) is 0 Å². The van der Waals surface area contributed by atoms with Crippen molar-refractivity contribution in [3.8, 4) is 0 Å². The van der Waals surface area contributed by atoms with E-state index in [4.69, 9.17) is 11.6 Å². The Balaban J connectivity index is 0.00000243. The number of hydrogen-bond acceptors (Lipinski definition) is 1. The van der Waals surface area contributed by atoms with Gasteiger partial charge in [-0.15, -0.1) is 12.4 Å². The fourth-order valence-electron chi connectivity index (χ4n) is 4.55. The smallest absolute Gasteiger partial charge is 0.0446 e. The summed E-state index contributed by atoms with van der Waals surface area (Å²) in [5.74, 6) is 1.65. The van der Waals surface area contributed by atoms with Crippen LogP contribution in [-0.2, 0) is 0 Å². The van der Waals surface area contributed by atoms with E-state index < -0.39 is 0 Å². The second-order valence-corrected chi connectivity index (χ2v) is 8.42. The molecule has 0 unspecified atom stereocenters. The topological polar surface area (TPSA) is 12.0 Å². The number of halogens is 2. The van der Waals surface area contributed by atoms with E-state index in [1.165, 1.54) is 81.8 Å². The van der Waals surface area contributed by atoms with Gasteiger partial charge in [0.1, 0.15) is 0 Å². The van der Waals surface area contributed by atoms with Crippen LogP contribution >= 0.6 is 24.0 Å². The molecule has 1 nitrogen and oxygen atoms in total. The summed E-state index contributed by atoms with van der Waals surface area (Å²) in [6.45, 7) is 2.10. The van der Waals surface area contributed by atoms with Gasteiger partial charge in [0.2, 0.25) is 0 Å². The molecular weight excluding hydrogens is 361 g/mol. The lowest BCUT2D eigenvalue weighted by molar-refractivity contribution is 0.335. The Morgan fingerprint density at radius 1 is 0.962 bits per heavy atom. The molecule has 0 bridgehead atoms. The van der Waals surface area contributed by atoms with E-state index in [1.807, 2.05) is 0 Å². The Hall–Kier alpha value is -0.500. The summed E-state index contributed by atoms with van der Waals surface area (Å²) in [5.41, 5.74) is 2.59. The van der Waals surface area contributed by atoms with Crippen LogP contribution in [0.4, 0.5) is 0 Å². The molecule has 0 aromatic heterocycles. The first kappa shape index (κ1) is 21.8. The molecule has 0 atom stereocenters. The van der Waals surface area contributed by atoms with Crippen molar-refractivity contribution < 1.29 is 0 Å². The van der Waals surface area contributed by atoms with E-state index in [0.29, 0.717) is 5.92 Å². The summed E-state index contributed by atoms with van der Waals surface area (Å²) >= 11 is 6.56. The Kier molecular flexibility index (Phi) is 10.1. The minimum absolute atomic E-state index is 0. The highest BCUT2D eigenvalue weighted by atomic mass is 35.5. The maximum absolute atomic E-state index is 6.56. The fraction of sp³-hybridized carbons (Fsp3) is 0.652. The van der Waals surface area contributed by atoms with Gasteiger partial charge in [0.15, 0.2) is 0 Å². The number of hydrogen-bond donors (Lipinski definition) is 1. The molecule has 0 amide bonds. The second-order valence-electron chi connectivity index (χ2n) is 8.02. The summed E-state index contributed by atoms with van der Waals surface area (Å²) in [7, 11) is 0. The van der Waals surface area contributed by atoms with Crippen molar-refractivity contribution in [3.63, 3.8) is 0 Å². The zero-order chi connectivity index (χ0) is 17.3. The minimum Gasteiger partial charge on any atom is -0.313 e. The maximum atomic E-state index is 6.56. The molecule has 0 heterocycles. The average Bonchev–Trinajstić information content (AvgIpc) is 2.66. The lowest BCUT2D eigenvalue weighted by Gasteiger charge is -2.23. The van der Waals surface area contributed by atoms with E-state index in [9.17, 15) is 0 Å². The van der Waals surface area contributed by atoms with Crippen LogP contribution in [0, 0.1) is 5.92 Å². The van der Waals surface area contributed by atoms with Crippen molar-refractivity contribution in [3.05, 3.63) is 40.4 Å². The first-order valence-corrected chi connectivity index (χ1v) is 10.9. The normalized spacial score (nSPS) is 19.6. The van der Waals surface area contributed by atoms with E-state index in [1.54, 1.807) is 0 Å². The molecular formula is C23H35Cl2N. The van der Waals surface area contributed by atoms with E-state index >= 15 is 0 Å². The van der Waals surface area contributed by atoms with Crippen molar-refractivity contribution in [2.45, 2.75) is 76.5 Å². The van der Waals surface area contributed by atoms with Gasteiger partial charge in [-0.1, -0.05) is 87.3 Å². The molecule has 0 aliphatic heterocycles. The molecule has 2 aliphatic rings. The SMILES string of the molecule is Cl.Clc1cc(/C=C\CNCCC2CCCCC2)ccc1C1CCCCC1. The van der Waals surface area contributed by atoms with E-state index in [0.717, 1.165) is 24.0 Å². The van der Waals surface area contributed by atoms with Crippen LogP contribution in [0.5, 0.6) is 0 Å². The predicted molar refractivity (Wildman–Crippen MR) is 118 cm³/mol. The third kappa shape index (κ3) is 6.91. The Labute approximate surface area is 171 Å². The zero-order valence-electron chi connectivity index (χ0n) is 16.0. The van der Waals surface area contributed by atoms with Gasteiger partial charge in [-0.05, 0) is 54.8 Å². The highest BCUT2D eigenvalue weighted by Gasteiger charge is 2.17. The lowest BCUT2D eigenvalue weighted by atomic mass is 9.84. The molecule has 1 aromatic carbocycles. The highest BCUT2D eigenvalue weighted by molar-refractivity contribution is 6.31. The molecule has 1 N–H and O–H groups in total. The second kappa shape index (κ2) is 12.1. The van der Waals surface area contributed by atoms with Gasteiger partial charge in [-0.3, -0.25) is 0 Å². The van der Waals surface area contributed by atoms with Crippen molar-refractivity contribution in [1.82, 2.24) is 5.32 Å². The molecule has 146 valence electrons. The molecule has 3 rings (SSSR count). The van der Waals surface area contributed by atoms with Crippen LogP contribution in [0.15, 0.2) is 24.3 Å². The molecule has 0 spiro atoms. The van der Waals surface area contributed by atoms with Crippen LogP contribution in [0.2, 0.25) is 5.02 Å². The predicted octanol–water partition coefficient (Wildman–Crippen LogP) is 7.38. The van der Waals surface area contributed by atoms with Gasteiger partial charge < -0.3 is 5.32 Å². The molecule has 2 aliphatic carbocycles. The number of rotatable bonds is 7. The van der Waals surface area contributed by atoms with Crippen LogP contribution in [0.1, 0.15) is 87.7 Å². The summed E-state index contributed by atoms with van der Waals surface area (Å²) in [6.07, 6.45) is 19.7. The van der Waals surface area contributed by atoms with Gasteiger partial charge in [-0.25, -0.2) is 0 Å². The molecule has 0 saturated heterocycles. The van der Waals surface area contributed by atoms with Crippen LogP contribution in [-0.4, -0.2) is 13.1 Å². The van der Waals surface area contributed by atoms with Gasteiger partial charge in [-0.2, -0.15) is 0 Å². The Bertz CT molecular complexity index is 543. The monoisotopic (exact) mass is 395 g/mol. The standard InChI is InChI=1S/C23H34ClN.ClH/c24-23-18-20(13-14-22(23)21-11-5-2-6-12-21)10-7-16-25-17-15-19-8-3-1-4-9-19;/h7,10,13-14,18-19,21,25H,1-6,8-9,11-12,15-17H2;1H/b10-7-;. The van der Waals surface area contributed by atoms with Crippen LogP contribution in [0.25, 0.3) is 6.08 Å². The number of benzene rings is 1. The average molecular weight is 396 g/mol. The van der Waals surface area contributed by atoms with Gasteiger partial charge in [0.05, 0.1) is 0 Å². The third-order valence-corrected chi connectivity index (χ3v) is 6.42. The van der Waals surface area contributed by atoms with Gasteiger partial charge in [0, 0.05) is 11.6 Å². The Morgan fingerprint density at radius 2 is 1.65 bits per heavy atom. The van der Waals surface area contributed by atoms with Crippen LogP contribution < -0.4 is 5.32 Å². The quantitative estimate of drug-likeness (QED) is 0.474. The first-order chi connectivity index (χ1) is 12.3. The van der Waals surface area contributed by atoms with Crippen molar-refractivity contribution in [2.75, 3.05) is 13.1 Å². The van der Waals surface area contributed by atoms with Crippen molar-refractivity contribution in [1.29, 1.82) is 0 Å². The molecule has 1 aromatic rings. The molecule has 2 fully saturated rings. The summed E-state index contributed by atoms with van der Waals surface area (Å²) in [5, 5.41) is 4.52. The summed E-state index contributed by atoms with van der Waals surface area (Å²) in [4.78, 5) is 0. The Morgan fingerprint density at radius 3 is 2.35 bits per heavy atom. The molecule has 26 heavy (non-hydrogen) atoms. The lowest BCUT2D eigenvalue weighted by Crippen LogP contribution is -2.19. The molecule has 0 radical (unpaired) electrons. The summed E-state index contributed by atoms with van der Waals surface area (Å²) < 4.78 is 0. The maximum Gasteiger partial charge on any atom is 0.0446 e. The highest BCUT2D eigenvalue weighted by Crippen LogP contribution is 2.36. The molecule has 2 saturated carbocycles. The zero-order valence-corrected chi connectivity index (χ0v) is 17.6. The van der Waals surface area contributed by atoms with Crippen molar-refractivity contribution in [2.24, 2.45) is 5.92 Å². The fourth-order valence-corrected chi connectivity index (χ4v) is 4.90. The van der Waals surface area contributed by atoms with Crippen molar-refractivity contribution >= 4 is 30.1 Å². The minimum atomic E-state index is 0. The summed E-state index contributed by atoms with van der Waals surface area (Å²) in [6, 6.07) is 6.63. The molecule has 3 heteroatoms. The largest absolute Gasteiger partial charge is 0.313 e. The van der Waals surface area contributed by atoms with Gasteiger partial charge in [0.25, 0.3) is 0 Å². The number of nitrogens with one attached hydrogen (secondary N) is 1. The third-order valence-electron chi connectivity index (χ3n) is 6.10. The van der Waals surface area contributed by atoms with E-state index in [-0.39, 0.29) is 12.4 Å².